The smallest absolute Gasteiger partial charge is 0.295 e. The molecule has 0 aliphatic heterocycles. The van der Waals surface area contributed by atoms with Crippen LogP contribution in [0.4, 0.5) is 5.69 Å². The van der Waals surface area contributed by atoms with E-state index in [1.165, 1.54) is 9.25 Å². The van der Waals surface area contributed by atoms with Gasteiger partial charge >= 0.3 is 0 Å². The Hall–Kier alpha value is -4.05. The third-order valence-corrected chi connectivity index (χ3v) is 5.35. The number of amides is 1. The first-order valence-corrected chi connectivity index (χ1v) is 10.2. The second-order valence-electron chi connectivity index (χ2n) is 7.11. The van der Waals surface area contributed by atoms with E-state index in [0.29, 0.717) is 17.1 Å². The van der Waals surface area contributed by atoms with Gasteiger partial charge in [-0.1, -0.05) is 36.4 Å². The van der Waals surface area contributed by atoms with Crippen molar-refractivity contribution in [2.75, 3.05) is 5.32 Å². The summed E-state index contributed by atoms with van der Waals surface area (Å²) in [5.74, 6) is -1.13. The lowest BCUT2D eigenvalue weighted by Crippen LogP contribution is -2.24. The summed E-state index contributed by atoms with van der Waals surface area (Å²) in [5.41, 5.74) is 1.62. The van der Waals surface area contributed by atoms with Gasteiger partial charge < -0.3 is 5.32 Å². The maximum absolute atomic E-state index is 13.0. The molecule has 0 atom stereocenters. The van der Waals surface area contributed by atoms with Crippen molar-refractivity contribution in [3.63, 3.8) is 0 Å². The minimum absolute atomic E-state index is 0.0165. The SMILES string of the molecule is Cc1c(NC(=O)CC(=O)c2n[nH]c(=S)n2-c2ccccc2)c(=O)n(-c2ccccc2)n1C. The Labute approximate surface area is 187 Å². The van der Waals surface area contributed by atoms with Gasteiger partial charge in [0.2, 0.25) is 17.5 Å². The molecule has 9 nitrogen and oxygen atoms in total. The Morgan fingerprint density at radius 1 is 1.03 bits per heavy atom. The van der Waals surface area contributed by atoms with E-state index in [1.54, 1.807) is 55.1 Å². The lowest BCUT2D eigenvalue weighted by Gasteiger charge is -2.07. The largest absolute Gasteiger partial charge is 0.320 e. The number of Topliss-reactive ketones (excluding diaryl/α,β-unsaturated/α-hetero) is 1. The second kappa shape index (κ2) is 8.60. The van der Waals surface area contributed by atoms with Crippen molar-refractivity contribution in [1.82, 2.24) is 24.1 Å². The van der Waals surface area contributed by atoms with Crippen LogP contribution in [0.25, 0.3) is 11.4 Å². The van der Waals surface area contributed by atoms with E-state index in [2.05, 4.69) is 15.5 Å². The lowest BCUT2D eigenvalue weighted by atomic mass is 10.2. The first kappa shape index (κ1) is 21.2. The highest BCUT2D eigenvalue weighted by atomic mass is 32.1. The molecule has 0 spiro atoms. The summed E-state index contributed by atoms with van der Waals surface area (Å²) < 4.78 is 4.81. The molecule has 32 heavy (non-hydrogen) atoms. The molecule has 2 aromatic heterocycles. The second-order valence-corrected chi connectivity index (χ2v) is 7.49. The minimum Gasteiger partial charge on any atom is -0.320 e. The summed E-state index contributed by atoms with van der Waals surface area (Å²) >= 11 is 5.24. The number of H-pyrrole nitrogens is 1. The summed E-state index contributed by atoms with van der Waals surface area (Å²) in [6.45, 7) is 1.72. The summed E-state index contributed by atoms with van der Waals surface area (Å²) in [6, 6.07) is 18.1. The molecule has 2 N–H and O–H groups in total. The van der Waals surface area contributed by atoms with E-state index in [-0.39, 0.29) is 21.8 Å². The molecule has 0 unspecified atom stereocenters. The quantitative estimate of drug-likeness (QED) is 0.268. The van der Waals surface area contributed by atoms with Crippen LogP contribution in [0.1, 0.15) is 22.7 Å². The molecule has 1 amide bonds. The van der Waals surface area contributed by atoms with Crippen LogP contribution < -0.4 is 10.9 Å². The highest BCUT2D eigenvalue weighted by Gasteiger charge is 2.22. The molecule has 2 heterocycles. The number of hydrogen-bond acceptors (Lipinski definition) is 5. The van der Waals surface area contributed by atoms with Crippen molar-refractivity contribution in [1.29, 1.82) is 0 Å². The van der Waals surface area contributed by atoms with E-state index >= 15 is 0 Å². The van der Waals surface area contributed by atoms with Gasteiger partial charge in [-0.3, -0.25) is 28.7 Å². The Bertz CT molecular complexity index is 1410. The number of aromatic nitrogens is 5. The van der Waals surface area contributed by atoms with Crippen LogP contribution in [0, 0.1) is 11.7 Å². The molecule has 0 bridgehead atoms. The molecule has 2 aromatic carbocycles. The molecule has 10 heteroatoms. The predicted molar refractivity (Wildman–Crippen MR) is 122 cm³/mol. The average molecular weight is 449 g/mol. The van der Waals surface area contributed by atoms with Gasteiger partial charge in [0.05, 0.1) is 23.5 Å². The molecule has 0 fully saturated rings. The van der Waals surface area contributed by atoms with Crippen molar-refractivity contribution >= 4 is 29.6 Å². The number of nitrogens with one attached hydrogen (secondary N) is 2. The zero-order valence-electron chi connectivity index (χ0n) is 17.4. The molecule has 0 radical (unpaired) electrons. The maximum Gasteiger partial charge on any atom is 0.295 e. The fourth-order valence-electron chi connectivity index (χ4n) is 3.42. The fourth-order valence-corrected chi connectivity index (χ4v) is 3.66. The average Bonchev–Trinajstić information content (AvgIpc) is 3.28. The van der Waals surface area contributed by atoms with Gasteiger partial charge in [0, 0.05) is 7.05 Å². The number of ketones is 1. The zero-order valence-corrected chi connectivity index (χ0v) is 18.2. The topological polar surface area (TPSA) is 107 Å². The van der Waals surface area contributed by atoms with Crippen LogP contribution in [-0.4, -0.2) is 35.8 Å². The number of hydrogen-bond donors (Lipinski definition) is 2. The van der Waals surface area contributed by atoms with Gasteiger partial charge in [0.25, 0.3) is 5.56 Å². The summed E-state index contributed by atoms with van der Waals surface area (Å²) in [5, 5.41) is 9.17. The third kappa shape index (κ3) is 3.83. The van der Waals surface area contributed by atoms with Crippen molar-refractivity contribution < 1.29 is 9.59 Å². The molecule has 0 saturated heterocycles. The highest BCUT2D eigenvalue weighted by Crippen LogP contribution is 2.16. The number of carbonyl (C=O) groups is 2. The van der Waals surface area contributed by atoms with Crippen molar-refractivity contribution in [3.8, 4) is 11.4 Å². The molecule has 4 aromatic rings. The van der Waals surface area contributed by atoms with Crippen molar-refractivity contribution in [3.05, 3.63) is 87.3 Å². The zero-order chi connectivity index (χ0) is 22.8. The van der Waals surface area contributed by atoms with Crippen LogP contribution in [-0.2, 0) is 11.8 Å². The van der Waals surface area contributed by atoms with Crippen LogP contribution in [0.3, 0.4) is 0 Å². The van der Waals surface area contributed by atoms with Crippen molar-refractivity contribution in [2.45, 2.75) is 13.3 Å². The number of nitrogens with zero attached hydrogens (tertiary/aromatic N) is 4. The van der Waals surface area contributed by atoms with Gasteiger partial charge in [0.1, 0.15) is 5.69 Å². The first-order valence-electron chi connectivity index (χ1n) is 9.78. The predicted octanol–water partition coefficient (Wildman–Crippen LogP) is 2.94. The normalized spacial score (nSPS) is 10.8. The number of benzene rings is 2. The van der Waals surface area contributed by atoms with Gasteiger partial charge in [-0.15, -0.1) is 0 Å². The van der Waals surface area contributed by atoms with E-state index in [1.807, 2.05) is 24.3 Å². The molecule has 4 rings (SSSR count). The number of rotatable bonds is 6. The van der Waals surface area contributed by atoms with Gasteiger partial charge in [-0.05, 0) is 43.4 Å². The Morgan fingerprint density at radius 2 is 1.62 bits per heavy atom. The van der Waals surface area contributed by atoms with E-state index in [0.717, 1.165) is 0 Å². The number of aromatic amines is 1. The van der Waals surface area contributed by atoms with E-state index < -0.39 is 18.1 Å². The maximum atomic E-state index is 13.0. The standard InChI is InChI=1S/C22H20N6O3S/c1-14-19(21(31)28(26(14)2)16-11-7-4-8-12-16)23-18(30)13-17(29)20-24-25-22(32)27(20)15-9-5-3-6-10-15/h3-12H,13H2,1-2H3,(H,23,30)(H,25,32). The Balaban J connectivity index is 1.58. The third-order valence-electron chi connectivity index (χ3n) is 5.08. The van der Waals surface area contributed by atoms with Crippen molar-refractivity contribution in [2.24, 2.45) is 7.05 Å². The molecular weight excluding hydrogens is 428 g/mol. The van der Waals surface area contributed by atoms with E-state index in [4.69, 9.17) is 12.2 Å². The molecular formula is C22H20N6O3S. The Kier molecular flexibility index (Phi) is 5.69. The van der Waals surface area contributed by atoms with E-state index in [9.17, 15) is 14.4 Å². The molecule has 0 aliphatic rings. The van der Waals surface area contributed by atoms with Gasteiger partial charge in [-0.25, -0.2) is 4.68 Å². The molecule has 0 saturated carbocycles. The van der Waals surface area contributed by atoms with Crippen LogP contribution >= 0.6 is 12.2 Å². The minimum atomic E-state index is -0.616. The summed E-state index contributed by atoms with van der Waals surface area (Å²) in [7, 11) is 1.72. The lowest BCUT2D eigenvalue weighted by molar-refractivity contribution is -0.115. The Morgan fingerprint density at radius 3 is 2.25 bits per heavy atom. The fraction of sp³-hybridized carbons (Fsp3) is 0.136. The van der Waals surface area contributed by atoms with Gasteiger partial charge in [-0.2, -0.15) is 5.10 Å². The van der Waals surface area contributed by atoms with Crippen LogP contribution in [0.5, 0.6) is 0 Å². The van der Waals surface area contributed by atoms with Crippen LogP contribution in [0.2, 0.25) is 0 Å². The first-order chi connectivity index (χ1) is 15.4. The number of carbonyl (C=O) groups excluding carboxylic acids is 2. The van der Waals surface area contributed by atoms with Crippen LogP contribution in [0.15, 0.2) is 65.5 Å². The van der Waals surface area contributed by atoms with Gasteiger partial charge in [0.15, 0.2) is 4.77 Å². The summed E-state index contributed by atoms with van der Waals surface area (Å²) in [4.78, 5) is 38.4. The molecule has 0 aliphatic carbocycles. The number of anilines is 1. The molecule has 162 valence electrons. The monoisotopic (exact) mass is 448 g/mol. The summed E-state index contributed by atoms with van der Waals surface area (Å²) in [6.07, 6.45) is -0.494. The highest BCUT2D eigenvalue weighted by molar-refractivity contribution is 7.71. The number of para-hydroxylation sites is 2.